The third-order valence-corrected chi connectivity index (χ3v) is 4.17. The zero-order valence-electron chi connectivity index (χ0n) is 13.5. The van der Waals surface area contributed by atoms with Gasteiger partial charge >= 0.3 is 0 Å². The van der Waals surface area contributed by atoms with Gasteiger partial charge in [-0.2, -0.15) is 5.10 Å². The Morgan fingerprint density at radius 2 is 2.39 bits per heavy atom. The number of amides is 1. The molecule has 2 aromatic rings. The summed E-state index contributed by atoms with van der Waals surface area (Å²) in [6.07, 6.45) is 4.84. The van der Waals surface area contributed by atoms with Crippen LogP contribution in [0.5, 0.6) is 5.75 Å². The average Bonchev–Trinajstić information content (AvgIpc) is 3.02. The van der Waals surface area contributed by atoms with Crippen molar-refractivity contribution in [3.05, 3.63) is 42.0 Å². The molecule has 0 bridgehead atoms. The quantitative estimate of drug-likeness (QED) is 0.940. The number of carbonyl (C=O) groups excluding carboxylic acids is 1. The normalized spacial score (nSPS) is 19.4. The first-order chi connectivity index (χ1) is 11.1. The highest BCUT2D eigenvalue weighted by molar-refractivity contribution is 5.81. The lowest BCUT2D eigenvalue weighted by Gasteiger charge is -2.33. The van der Waals surface area contributed by atoms with Gasteiger partial charge in [-0.1, -0.05) is 0 Å². The van der Waals surface area contributed by atoms with E-state index in [1.807, 2.05) is 17.9 Å². The Morgan fingerprint density at radius 3 is 3.09 bits per heavy atom. The molecule has 3 heterocycles. The fourth-order valence-electron chi connectivity index (χ4n) is 3.00. The molecule has 23 heavy (non-hydrogen) atoms. The summed E-state index contributed by atoms with van der Waals surface area (Å²) in [6.45, 7) is 5.26. The molecule has 0 saturated carbocycles. The van der Waals surface area contributed by atoms with E-state index >= 15 is 0 Å². The fourth-order valence-corrected chi connectivity index (χ4v) is 3.00. The van der Waals surface area contributed by atoms with E-state index in [2.05, 4.69) is 21.2 Å². The van der Waals surface area contributed by atoms with Crippen LogP contribution in [-0.2, 0) is 4.79 Å². The Kier molecular flexibility index (Phi) is 4.60. The predicted octanol–water partition coefficient (Wildman–Crippen LogP) is 2.29. The number of likely N-dealkylation sites (tertiary alicyclic amines) is 1. The third kappa shape index (κ3) is 3.70. The molecule has 1 N–H and O–H groups in total. The second kappa shape index (κ2) is 6.81. The average molecular weight is 314 g/mol. The van der Waals surface area contributed by atoms with E-state index in [1.165, 1.54) is 0 Å². The molecule has 2 aromatic heterocycles. The van der Waals surface area contributed by atoms with E-state index in [0.29, 0.717) is 18.2 Å². The van der Waals surface area contributed by atoms with Crippen LogP contribution in [-0.4, -0.2) is 45.2 Å². The Hall–Kier alpha value is -2.37. The Morgan fingerprint density at radius 1 is 1.52 bits per heavy atom. The second-order valence-electron chi connectivity index (χ2n) is 6.05. The maximum absolute atomic E-state index is 12.6. The van der Waals surface area contributed by atoms with Gasteiger partial charge in [0.1, 0.15) is 5.75 Å². The first-order valence-electron chi connectivity index (χ1n) is 8.01. The molecule has 1 aliphatic rings. The van der Waals surface area contributed by atoms with Crippen LogP contribution in [0.15, 0.2) is 30.6 Å². The molecule has 3 rings (SSSR count). The van der Waals surface area contributed by atoms with Gasteiger partial charge in [0.2, 0.25) is 0 Å². The lowest BCUT2D eigenvalue weighted by Crippen LogP contribution is -2.45. The number of pyridine rings is 1. The number of hydrogen-bond donors (Lipinski definition) is 1. The molecule has 6 heteroatoms. The molecule has 6 nitrogen and oxygen atoms in total. The smallest absolute Gasteiger partial charge is 0.263 e. The molecular formula is C17H22N4O2. The molecule has 0 aromatic carbocycles. The molecule has 0 aliphatic carbocycles. The van der Waals surface area contributed by atoms with Gasteiger partial charge in [-0.15, -0.1) is 0 Å². The highest BCUT2D eigenvalue weighted by atomic mass is 16.5. The van der Waals surface area contributed by atoms with Crippen molar-refractivity contribution in [1.82, 2.24) is 20.1 Å². The highest BCUT2D eigenvalue weighted by Crippen LogP contribution is 2.26. The largest absolute Gasteiger partial charge is 0.479 e. The number of carbonyl (C=O) groups is 1. The maximum atomic E-state index is 12.6. The summed E-state index contributed by atoms with van der Waals surface area (Å²) < 4.78 is 5.70. The third-order valence-electron chi connectivity index (χ3n) is 4.17. The van der Waals surface area contributed by atoms with Gasteiger partial charge in [-0.05, 0) is 44.9 Å². The van der Waals surface area contributed by atoms with Gasteiger partial charge in [0.15, 0.2) is 6.10 Å². The second-order valence-corrected chi connectivity index (χ2v) is 6.05. The first-order valence-corrected chi connectivity index (χ1v) is 8.01. The summed E-state index contributed by atoms with van der Waals surface area (Å²) >= 11 is 0. The number of nitrogens with one attached hydrogen (secondary N) is 1. The number of nitrogens with zero attached hydrogens (tertiary/aromatic N) is 3. The summed E-state index contributed by atoms with van der Waals surface area (Å²) in [5, 5.41) is 7.32. The first kappa shape index (κ1) is 15.5. The SMILES string of the molecule is Cc1cc(C2CCCN(C(=O)C(C)Oc3cccnc3)C2)n[nH]1. The summed E-state index contributed by atoms with van der Waals surface area (Å²) in [5.74, 6) is 0.930. The highest BCUT2D eigenvalue weighted by Gasteiger charge is 2.29. The number of H-pyrrole nitrogens is 1. The minimum Gasteiger partial charge on any atom is -0.479 e. The van der Waals surface area contributed by atoms with E-state index in [1.54, 1.807) is 25.4 Å². The van der Waals surface area contributed by atoms with E-state index in [0.717, 1.165) is 30.8 Å². The maximum Gasteiger partial charge on any atom is 0.263 e. The summed E-state index contributed by atoms with van der Waals surface area (Å²) in [5.41, 5.74) is 2.09. The van der Waals surface area contributed by atoms with Gasteiger partial charge in [0.25, 0.3) is 5.91 Å². The summed E-state index contributed by atoms with van der Waals surface area (Å²) in [7, 11) is 0. The van der Waals surface area contributed by atoms with E-state index in [-0.39, 0.29) is 5.91 Å². The van der Waals surface area contributed by atoms with Gasteiger partial charge in [0, 0.05) is 30.9 Å². The molecule has 1 aliphatic heterocycles. The number of piperidine rings is 1. The minimum absolute atomic E-state index is 0.0193. The Balaban J connectivity index is 1.62. The van der Waals surface area contributed by atoms with Crippen LogP contribution in [0.1, 0.15) is 37.1 Å². The van der Waals surface area contributed by atoms with Crippen molar-refractivity contribution in [2.45, 2.75) is 38.7 Å². The Bertz CT molecular complexity index is 656. The van der Waals surface area contributed by atoms with Crippen LogP contribution in [0.3, 0.4) is 0 Å². The molecule has 2 unspecified atom stereocenters. The number of aryl methyl sites for hydroxylation is 1. The molecule has 2 atom stereocenters. The number of aromatic nitrogens is 3. The van der Waals surface area contributed by atoms with Crippen molar-refractivity contribution in [3.63, 3.8) is 0 Å². The zero-order valence-corrected chi connectivity index (χ0v) is 13.5. The lowest BCUT2D eigenvalue weighted by atomic mass is 9.94. The molecule has 1 amide bonds. The van der Waals surface area contributed by atoms with Crippen LogP contribution in [0, 0.1) is 6.92 Å². The van der Waals surface area contributed by atoms with Crippen molar-refractivity contribution in [3.8, 4) is 5.75 Å². The summed E-state index contributed by atoms with van der Waals surface area (Å²) in [4.78, 5) is 18.5. The van der Waals surface area contributed by atoms with Crippen LogP contribution in [0.25, 0.3) is 0 Å². The molecule has 0 spiro atoms. The zero-order chi connectivity index (χ0) is 16.2. The van der Waals surface area contributed by atoms with Crippen molar-refractivity contribution >= 4 is 5.91 Å². The van der Waals surface area contributed by atoms with E-state index in [9.17, 15) is 4.79 Å². The predicted molar refractivity (Wildman–Crippen MR) is 86.2 cm³/mol. The number of rotatable bonds is 4. The molecule has 0 radical (unpaired) electrons. The monoisotopic (exact) mass is 314 g/mol. The van der Waals surface area contributed by atoms with Gasteiger partial charge in [-0.3, -0.25) is 14.9 Å². The lowest BCUT2D eigenvalue weighted by molar-refractivity contribution is -0.139. The standard InChI is InChI=1S/C17H22N4O2/c1-12-9-16(20-19-12)14-5-4-8-21(11-14)17(22)13(2)23-15-6-3-7-18-10-15/h3,6-7,9-10,13-14H,4-5,8,11H2,1-2H3,(H,19,20). The van der Waals surface area contributed by atoms with Gasteiger partial charge < -0.3 is 9.64 Å². The number of aromatic amines is 1. The number of hydrogen-bond acceptors (Lipinski definition) is 4. The van der Waals surface area contributed by atoms with Crippen molar-refractivity contribution in [1.29, 1.82) is 0 Å². The fraction of sp³-hybridized carbons (Fsp3) is 0.471. The minimum atomic E-state index is -0.515. The Labute approximate surface area is 135 Å². The molecular weight excluding hydrogens is 292 g/mol. The van der Waals surface area contributed by atoms with E-state index in [4.69, 9.17) is 4.74 Å². The van der Waals surface area contributed by atoms with Crippen molar-refractivity contribution < 1.29 is 9.53 Å². The molecule has 1 fully saturated rings. The van der Waals surface area contributed by atoms with Crippen molar-refractivity contribution in [2.75, 3.05) is 13.1 Å². The van der Waals surface area contributed by atoms with Crippen LogP contribution >= 0.6 is 0 Å². The van der Waals surface area contributed by atoms with Crippen molar-refractivity contribution in [2.24, 2.45) is 0 Å². The van der Waals surface area contributed by atoms with E-state index < -0.39 is 6.10 Å². The van der Waals surface area contributed by atoms with Gasteiger partial charge in [0.05, 0.1) is 11.9 Å². The van der Waals surface area contributed by atoms with Crippen LogP contribution < -0.4 is 4.74 Å². The van der Waals surface area contributed by atoms with Crippen LogP contribution in [0.4, 0.5) is 0 Å². The van der Waals surface area contributed by atoms with Gasteiger partial charge in [-0.25, -0.2) is 0 Å². The molecule has 1 saturated heterocycles. The number of ether oxygens (including phenoxy) is 1. The summed E-state index contributed by atoms with van der Waals surface area (Å²) in [6, 6.07) is 5.67. The topological polar surface area (TPSA) is 71.1 Å². The van der Waals surface area contributed by atoms with Crippen LogP contribution in [0.2, 0.25) is 0 Å². The molecule has 122 valence electrons.